The molecule has 0 saturated carbocycles. The van der Waals surface area contributed by atoms with Gasteiger partial charge in [-0.1, -0.05) is 26.7 Å². The highest BCUT2D eigenvalue weighted by Gasteiger charge is 2.15. The molecule has 0 aliphatic rings. The van der Waals surface area contributed by atoms with Gasteiger partial charge in [0.2, 0.25) is 0 Å². The lowest BCUT2D eigenvalue weighted by Gasteiger charge is -1.95. The largest absolute Gasteiger partial charge is 0.139 e. The highest BCUT2D eigenvalue weighted by molar-refractivity contribution is 7.34. The molecular formula is C22H22S4. The third-order valence-electron chi connectivity index (χ3n) is 5.06. The summed E-state index contributed by atoms with van der Waals surface area (Å²) in [6.07, 6.45) is 7.63. The molecule has 5 aromatic rings. The Morgan fingerprint density at radius 1 is 0.577 bits per heavy atom. The van der Waals surface area contributed by atoms with Crippen LogP contribution in [-0.2, 0) is 12.8 Å². The van der Waals surface area contributed by atoms with E-state index < -0.39 is 0 Å². The van der Waals surface area contributed by atoms with Gasteiger partial charge in [0.25, 0.3) is 0 Å². The Morgan fingerprint density at radius 2 is 1.08 bits per heavy atom. The Morgan fingerprint density at radius 3 is 1.54 bits per heavy atom. The van der Waals surface area contributed by atoms with Crippen molar-refractivity contribution in [3.8, 4) is 0 Å². The molecule has 4 aromatic heterocycles. The number of unbranched alkanes of at least 4 members (excludes halogenated alkanes) is 2. The van der Waals surface area contributed by atoms with Crippen LogP contribution in [0.3, 0.4) is 0 Å². The first-order chi connectivity index (χ1) is 12.8. The molecule has 134 valence electrons. The van der Waals surface area contributed by atoms with Gasteiger partial charge < -0.3 is 0 Å². The summed E-state index contributed by atoms with van der Waals surface area (Å²) in [5.41, 5.74) is 0. The fourth-order valence-electron chi connectivity index (χ4n) is 3.64. The molecule has 0 bridgehead atoms. The van der Waals surface area contributed by atoms with Crippen molar-refractivity contribution in [3.05, 3.63) is 34.0 Å². The lowest BCUT2D eigenvalue weighted by atomic mass is 10.2. The van der Waals surface area contributed by atoms with E-state index in [2.05, 4.69) is 38.1 Å². The summed E-state index contributed by atoms with van der Waals surface area (Å²) >= 11 is 8.00. The summed E-state index contributed by atoms with van der Waals surface area (Å²) in [6.45, 7) is 4.55. The van der Waals surface area contributed by atoms with Crippen LogP contribution in [0.15, 0.2) is 24.3 Å². The van der Waals surface area contributed by atoms with Gasteiger partial charge in [-0.05, 0) is 49.9 Å². The molecule has 0 aliphatic heterocycles. The van der Waals surface area contributed by atoms with Crippen molar-refractivity contribution >= 4 is 84.3 Å². The van der Waals surface area contributed by atoms with Crippen molar-refractivity contribution in [2.45, 2.75) is 52.4 Å². The number of rotatable bonds is 6. The second kappa shape index (κ2) is 6.90. The summed E-state index contributed by atoms with van der Waals surface area (Å²) in [5.74, 6) is 0. The van der Waals surface area contributed by atoms with E-state index in [1.54, 1.807) is 9.75 Å². The van der Waals surface area contributed by atoms with Crippen molar-refractivity contribution in [3.63, 3.8) is 0 Å². The SMILES string of the molecule is CCCCc1cc2sc3cc4sc5cc(CCCC)sc5c4cc3c2s1. The van der Waals surface area contributed by atoms with Crippen LogP contribution in [0, 0.1) is 0 Å². The summed E-state index contributed by atoms with van der Waals surface area (Å²) in [7, 11) is 0. The Labute approximate surface area is 170 Å². The normalized spacial score (nSPS) is 12.4. The minimum Gasteiger partial charge on any atom is -0.139 e. The third-order valence-corrected chi connectivity index (χ3v) is 9.98. The molecule has 0 unspecified atom stereocenters. The molecule has 26 heavy (non-hydrogen) atoms. The van der Waals surface area contributed by atoms with Crippen LogP contribution in [-0.4, -0.2) is 0 Å². The second-order valence-electron chi connectivity index (χ2n) is 7.07. The van der Waals surface area contributed by atoms with Crippen molar-refractivity contribution in [1.29, 1.82) is 0 Å². The minimum atomic E-state index is 1.24. The molecule has 0 radical (unpaired) electrons. The van der Waals surface area contributed by atoms with Gasteiger partial charge in [0.05, 0.1) is 9.40 Å². The molecule has 4 heteroatoms. The smallest absolute Gasteiger partial charge is 0.0532 e. The van der Waals surface area contributed by atoms with Crippen molar-refractivity contribution in [1.82, 2.24) is 0 Å². The number of benzene rings is 1. The average molecular weight is 415 g/mol. The number of hydrogen-bond acceptors (Lipinski definition) is 4. The van der Waals surface area contributed by atoms with E-state index in [9.17, 15) is 0 Å². The number of fused-ring (bicyclic) bond motifs is 6. The monoisotopic (exact) mass is 414 g/mol. The summed E-state index contributed by atoms with van der Waals surface area (Å²) in [5, 5.41) is 2.96. The van der Waals surface area contributed by atoms with Crippen LogP contribution in [0.4, 0.5) is 0 Å². The van der Waals surface area contributed by atoms with Crippen LogP contribution in [0.2, 0.25) is 0 Å². The molecule has 4 heterocycles. The predicted octanol–water partition coefficient (Wildman–Crippen LogP) is 9.23. The molecule has 1 aromatic carbocycles. The van der Waals surface area contributed by atoms with Gasteiger partial charge in [-0.25, -0.2) is 0 Å². The molecule has 0 spiro atoms. The Hall–Kier alpha value is -0.940. The predicted molar refractivity (Wildman–Crippen MR) is 125 cm³/mol. The fraction of sp³-hybridized carbons (Fsp3) is 0.364. The zero-order valence-electron chi connectivity index (χ0n) is 15.2. The van der Waals surface area contributed by atoms with Gasteiger partial charge >= 0.3 is 0 Å². The number of aryl methyl sites for hydroxylation is 2. The van der Waals surface area contributed by atoms with Crippen LogP contribution in [0.5, 0.6) is 0 Å². The third kappa shape index (κ3) is 2.82. The zero-order valence-corrected chi connectivity index (χ0v) is 18.5. The van der Waals surface area contributed by atoms with E-state index in [1.165, 1.54) is 77.5 Å². The van der Waals surface area contributed by atoms with Gasteiger partial charge in [-0.15, -0.1) is 45.3 Å². The van der Waals surface area contributed by atoms with E-state index >= 15 is 0 Å². The first kappa shape index (κ1) is 17.2. The summed E-state index contributed by atoms with van der Waals surface area (Å²) in [6, 6.07) is 9.81. The van der Waals surface area contributed by atoms with E-state index in [4.69, 9.17) is 0 Å². The highest BCUT2D eigenvalue weighted by Crippen LogP contribution is 2.46. The van der Waals surface area contributed by atoms with E-state index in [1.807, 2.05) is 45.3 Å². The second-order valence-corrected chi connectivity index (χ2v) is 11.5. The average Bonchev–Trinajstić information content (AvgIpc) is 3.35. The summed E-state index contributed by atoms with van der Waals surface area (Å²) < 4.78 is 8.92. The van der Waals surface area contributed by atoms with Crippen molar-refractivity contribution in [2.24, 2.45) is 0 Å². The maximum absolute atomic E-state index is 2.49. The van der Waals surface area contributed by atoms with Crippen LogP contribution in [0.25, 0.3) is 39.0 Å². The standard InChI is InChI=1S/C22H22S4/c1-3-5-7-13-9-19-21(23-13)15-11-16-18(12-17(15)25-19)26-20-10-14(8-6-4-2)24-22(16)20/h9-12H,3-8H2,1-2H3. The number of hydrogen-bond donors (Lipinski definition) is 0. The molecule has 0 amide bonds. The maximum atomic E-state index is 2.49. The first-order valence-corrected chi connectivity index (χ1v) is 12.8. The van der Waals surface area contributed by atoms with Gasteiger partial charge in [0.15, 0.2) is 0 Å². The molecule has 0 N–H and O–H groups in total. The molecular weight excluding hydrogens is 393 g/mol. The van der Waals surface area contributed by atoms with Gasteiger partial charge in [0.1, 0.15) is 0 Å². The lowest BCUT2D eigenvalue weighted by Crippen LogP contribution is -1.76. The van der Waals surface area contributed by atoms with Gasteiger partial charge in [-0.2, -0.15) is 0 Å². The molecule has 0 saturated heterocycles. The molecule has 0 nitrogen and oxygen atoms in total. The Balaban J connectivity index is 1.65. The molecule has 0 fully saturated rings. The molecule has 0 aliphatic carbocycles. The van der Waals surface area contributed by atoms with E-state index in [0.29, 0.717) is 0 Å². The van der Waals surface area contributed by atoms with E-state index in [0.717, 1.165) is 0 Å². The summed E-state index contributed by atoms with van der Waals surface area (Å²) in [4.78, 5) is 3.12. The fourth-order valence-corrected chi connectivity index (χ4v) is 8.92. The quantitative estimate of drug-likeness (QED) is 0.260. The molecule has 5 rings (SSSR count). The van der Waals surface area contributed by atoms with Crippen molar-refractivity contribution in [2.75, 3.05) is 0 Å². The van der Waals surface area contributed by atoms with Crippen LogP contribution in [0.1, 0.15) is 49.3 Å². The first-order valence-electron chi connectivity index (χ1n) is 9.56. The van der Waals surface area contributed by atoms with Gasteiger partial charge in [-0.3, -0.25) is 0 Å². The minimum absolute atomic E-state index is 1.24. The molecule has 0 atom stereocenters. The Kier molecular flexibility index (Phi) is 4.56. The Bertz CT molecular complexity index is 1120. The number of thiophene rings is 4. The topological polar surface area (TPSA) is 0 Å². The lowest BCUT2D eigenvalue weighted by molar-refractivity contribution is 0.804. The highest BCUT2D eigenvalue weighted by atomic mass is 32.1. The van der Waals surface area contributed by atoms with Crippen molar-refractivity contribution < 1.29 is 0 Å². The zero-order chi connectivity index (χ0) is 17.7. The van der Waals surface area contributed by atoms with E-state index in [-0.39, 0.29) is 0 Å². The van der Waals surface area contributed by atoms with Crippen LogP contribution >= 0.6 is 45.3 Å². The van der Waals surface area contributed by atoms with Crippen LogP contribution < -0.4 is 0 Å². The van der Waals surface area contributed by atoms with Gasteiger partial charge in [0, 0.05) is 39.3 Å². The maximum Gasteiger partial charge on any atom is 0.0532 e.